The molecule has 0 saturated heterocycles. The van der Waals surface area contributed by atoms with Crippen LogP contribution in [0.4, 0.5) is 5.69 Å². The molecule has 0 aliphatic rings. The molecular weight excluding hydrogens is 281 g/mol. The molecule has 1 aromatic carbocycles. The maximum absolute atomic E-state index is 11.3. The normalized spacial score (nSPS) is 11.9. The second-order valence-electron chi connectivity index (χ2n) is 3.47. The molecule has 1 rings (SSSR count). The quantitative estimate of drug-likeness (QED) is 0.362. The number of hydrogen-bond donors (Lipinski definition) is 0. The predicted molar refractivity (Wildman–Crippen MR) is 68.1 cm³/mol. The van der Waals surface area contributed by atoms with Gasteiger partial charge in [0, 0.05) is 6.07 Å². The first-order valence-corrected chi connectivity index (χ1v) is 6.00. The Morgan fingerprint density at radius 1 is 1.56 bits per heavy atom. The van der Waals surface area contributed by atoms with Crippen LogP contribution >= 0.6 is 23.2 Å². The number of alkyl halides is 1. The molecule has 0 aliphatic heterocycles. The van der Waals surface area contributed by atoms with E-state index in [4.69, 9.17) is 27.9 Å². The van der Waals surface area contributed by atoms with E-state index in [1.165, 1.54) is 18.2 Å². The molecule has 0 bridgehead atoms. The molecule has 1 aromatic rings. The third-order valence-electron chi connectivity index (χ3n) is 2.17. The lowest BCUT2D eigenvalue weighted by Gasteiger charge is -2.08. The molecule has 0 aromatic heterocycles. The van der Waals surface area contributed by atoms with Crippen LogP contribution < -0.4 is 0 Å². The van der Waals surface area contributed by atoms with Crippen molar-refractivity contribution in [2.24, 2.45) is 0 Å². The van der Waals surface area contributed by atoms with Crippen molar-refractivity contribution in [1.29, 1.82) is 0 Å². The average Bonchev–Trinajstić information content (AvgIpc) is 2.28. The van der Waals surface area contributed by atoms with E-state index < -0.39 is 16.3 Å². The van der Waals surface area contributed by atoms with Gasteiger partial charge in [-0.3, -0.25) is 14.9 Å². The van der Waals surface area contributed by atoms with Crippen molar-refractivity contribution in [3.05, 3.63) is 38.9 Å². The Labute approximate surface area is 114 Å². The van der Waals surface area contributed by atoms with E-state index in [1.54, 1.807) is 6.92 Å². The molecule has 5 nitrogen and oxygen atoms in total. The van der Waals surface area contributed by atoms with Gasteiger partial charge in [-0.15, -0.1) is 11.6 Å². The summed E-state index contributed by atoms with van der Waals surface area (Å²) in [6.07, 6.45) is 0.206. The van der Waals surface area contributed by atoms with Gasteiger partial charge in [-0.1, -0.05) is 17.7 Å². The van der Waals surface area contributed by atoms with Crippen molar-refractivity contribution in [3.63, 3.8) is 0 Å². The van der Waals surface area contributed by atoms with Gasteiger partial charge in [0.15, 0.2) is 0 Å². The number of carbonyl (C=O) groups excluding carboxylic acids is 1. The minimum Gasteiger partial charge on any atom is -0.465 e. The number of carbonyl (C=O) groups is 1. The van der Waals surface area contributed by atoms with Crippen molar-refractivity contribution in [2.75, 3.05) is 6.61 Å². The van der Waals surface area contributed by atoms with Crippen molar-refractivity contribution >= 4 is 34.9 Å². The van der Waals surface area contributed by atoms with Gasteiger partial charge < -0.3 is 4.74 Å². The van der Waals surface area contributed by atoms with Gasteiger partial charge in [-0.05, 0) is 25.0 Å². The summed E-state index contributed by atoms with van der Waals surface area (Å²) < 4.78 is 4.76. The summed E-state index contributed by atoms with van der Waals surface area (Å²) in [6, 6.07) is 4.22. The van der Waals surface area contributed by atoms with Gasteiger partial charge >= 0.3 is 5.97 Å². The number of benzene rings is 1. The highest BCUT2D eigenvalue weighted by molar-refractivity contribution is 6.32. The van der Waals surface area contributed by atoms with Crippen LogP contribution in [0.5, 0.6) is 0 Å². The molecule has 0 heterocycles. The minimum absolute atomic E-state index is 0.0187. The van der Waals surface area contributed by atoms with Gasteiger partial charge in [-0.2, -0.15) is 0 Å². The van der Waals surface area contributed by atoms with Gasteiger partial charge in [0.25, 0.3) is 5.69 Å². The molecule has 0 aliphatic carbocycles. The largest absolute Gasteiger partial charge is 0.465 e. The second kappa shape index (κ2) is 6.56. The van der Waals surface area contributed by atoms with E-state index in [9.17, 15) is 14.9 Å². The van der Waals surface area contributed by atoms with Crippen molar-refractivity contribution in [3.8, 4) is 0 Å². The Morgan fingerprint density at radius 2 is 2.22 bits per heavy atom. The summed E-state index contributed by atoms with van der Waals surface area (Å²) in [6.45, 7) is 1.94. The molecule has 1 atom stereocenters. The maximum atomic E-state index is 11.3. The zero-order valence-electron chi connectivity index (χ0n) is 9.56. The number of esters is 1. The van der Waals surface area contributed by atoms with Gasteiger partial charge in [0.05, 0.1) is 11.5 Å². The molecule has 0 saturated carbocycles. The highest BCUT2D eigenvalue weighted by Crippen LogP contribution is 2.26. The van der Waals surface area contributed by atoms with Gasteiger partial charge in [0.2, 0.25) is 0 Å². The van der Waals surface area contributed by atoms with Crippen LogP contribution in [0.25, 0.3) is 0 Å². The second-order valence-corrected chi connectivity index (χ2v) is 4.40. The standard InChI is InChI=1S/C11H11Cl2NO4/c1-2-18-11(15)9(13)6-7-3-4-10(14(16)17)8(12)5-7/h3-5,9H,2,6H2,1H3. The van der Waals surface area contributed by atoms with Crippen LogP contribution in [-0.2, 0) is 16.0 Å². The number of hydrogen-bond acceptors (Lipinski definition) is 4. The molecule has 1 unspecified atom stereocenters. The molecular formula is C11H11Cl2NO4. The lowest BCUT2D eigenvalue weighted by Crippen LogP contribution is -2.20. The molecule has 0 spiro atoms. The van der Waals surface area contributed by atoms with E-state index in [0.717, 1.165) is 0 Å². The zero-order chi connectivity index (χ0) is 13.7. The number of nitro benzene ring substituents is 1. The Morgan fingerprint density at radius 3 is 2.72 bits per heavy atom. The number of nitrogens with zero attached hydrogens (tertiary/aromatic N) is 1. The van der Waals surface area contributed by atoms with Crippen molar-refractivity contribution in [1.82, 2.24) is 0 Å². The SMILES string of the molecule is CCOC(=O)C(Cl)Cc1ccc([N+](=O)[O-])c(Cl)c1. The van der Waals surface area contributed by atoms with Gasteiger partial charge in [0.1, 0.15) is 10.4 Å². The Hall–Kier alpha value is -1.33. The number of rotatable bonds is 5. The highest BCUT2D eigenvalue weighted by Gasteiger charge is 2.19. The number of halogens is 2. The van der Waals surface area contributed by atoms with Crippen LogP contribution in [0.1, 0.15) is 12.5 Å². The Bertz CT molecular complexity index is 464. The van der Waals surface area contributed by atoms with E-state index >= 15 is 0 Å². The molecule has 0 fully saturated rings. The molecule has 7 heteroatoms. The first-order valence-electron chi connectivity index (χ1n) is 5.19. The van der Waals surface area contributed by atoms with Crippen LogP contribution in [-0.4, -0.2) is 22.9 Å². The third kappa shape index (κ3) is 3.85. The fourth-order valence-corrected chi connectivity index (χ4v) is 1.86. The molecule has 18 heavy (non-hydrogen) atoms. The predicted octanol–water partition coefficient (Wildman–Crippen LogP) is 2.96. The highest BCUT2D eigenvalue weighted by atomic mass is 35.5. The Balaban J connectivity index is 2.77. The fraction of sp³-hybridized carbons (Fsp3) is 0.364. The van der Waals surface area contributed by atoms with Crippen molar-refractivity contribution < 1.29 is 14.5 Å². The smallest absolute Gasteiger partial charge is 0.324 e. The monoisotopic (exact) mass is 291 g/mol. The molecule has 0 amide bonds. The van der Waals surface area contributed by atoms with Crippen molar-refractivity contribution in [2.45, 2.75) is 18.7 Å². The molecule has 98 valence electrons. The first-order chi connectivity index (χ1) is 8.45. The topological polar surface area (TPSA) is 69.4 Å². The third-order valence-corrected chi connectivity index (χ3v) is 2.80. The summed E-state index contributed by atoms with van der Waals surface area (Å²) >= 11 is 11.6. The van der Waals surface area contributed by atoms with E-state index in [2.05, 4.69) is 0 Å². The van der Waals surface area contributed by atoms with E-state index in [1.807, 2.05) is 0 Å². The zero-order valence-corrected chi connectivity index (χ0v) is 11.1. The lowest BCUT2D eigenvalue weighted by molar-refractivity contribution is -0.384. The minimum atomic E-state index is -0.831. The summed E-state index contributed by atoms with van der Waals surface area (Å²) in [5, 5.41) is 9.76. The molecule has 0 radical (unpaired) electrons. The summed E-state index contributed by atoms with van der Waals surface area (Å²) in [5.74, 6) is -0.520. The summed E-state index contributed by atoms with van der Waals surface area (Å²) in [7, 11) is 0. The van der Waals surface area contributed by atoms with Crippen LogP contribution in [0.15, 0.2) is 18.2 Å². The summed E-state index contributed by atoms with van der Waals surface area (Å²) in [4.78, 5) is 21.3. The van der Waals surface area contributed by atoms with Crippen LogP contribution in [0.3, 0.4) is 0 Å². The van der Waals surface area contributed by atoms with Crippen LogP contribution in [0.2, 0.25) is 5.02 Å². The van der Waals surface area contributed by atoms with E-state index in [-0.39, 0.29) is 23.7 Å². The molecule has 0 N–H and O–H groups in total. The number of nitro groups is 1. The van der Waals surface area contributed by atoms with E-state index in [0.29, 0.717) is 5.56 Å². The Kier molecular flexibility index (Phi) is 5.37. The summed E-state index contributed by atoms with van der Waals surface area (Å²) in [5.41, 5.74) is 0.460. The van der Waals surface area contributed by atoms with Crippen LogP contribution in [0, 0.1) is 10.1 Å². The van der Waals surface area contributed by atoms with Gasteiger partial charge in [-0.25, -0.2) is 0 Å². The number of ether oxygens (including phenoxy) is 1. The fourth-order valence-electron chi connectivity index (χ4n) is 1.35. The average molecular weight is 292 g/mol. The lowest BCUT2D eigenvalue weighted by atomic mass is 10.1. The maximum Gasteiger partial charge on any atom is 0.324 e. The first kappa shape index (κ1) is 14.7.